The molecule has 0 spiro atoms. The average molecular weight is 287 g/mol. The van der Waals surface area contributed by atoms with Crippen LogP contribution in [-0.2, 0) is 0 Å². The molecular weight excluding hydrogens is 276 g/mol. The molecule has 0 bridgehead atoms. The molecule has 0 heterocycles. The molecular formula is C14H11BrN2. The fourth-order valence-corrected chi connectivity index (χ4v) is 1.81. The summed E-state index contributed by atoms with van der Waals surface area (Å²) in [5, 5.41) is 12.4. The molecule has 0 aliphatic rings. The third-order valence-electron chi connectivity index (χ3n) is 2.42. The van der Waals surface area contributed by atoms with Crippen LogP contribution in [0.1, 0.15) is 11.6 Å². The number of rotatable bonds is 3. The predicted molar refractivity (Wildman–Crippen MR) is 72.6 cm³/mol. The molecule has 0 aliphatic heterocycles. The van der Waals surface area contributed by atoms with Crippen LogP contribution < -0.4 is 5.32 Å². The molecule has 0 radical (unpaired) electrons. The smallest absolute Gasteiger partial charge is 0.140 e. The number of anilines is 1. The van der Waals surface area contributed by atoms with Crippen LogP contribution in [0.5, 0.6) is 0 Å². The summed E-state index contributed by atoms with van der Waals surface area (Å²) in [5.41, 5.74) is 1.90. The Labute approximate surface area is 109 Å². The maximum atomic E-state index is 9.17. The molecule has 3 heteroatoms. The maximum absolute atomic E-state index is 9.17. The molecule has 0 saturated carbocycles. The zero-order valence-corrected chi connectivity index (χ0v) is 10.7. The van der Waals surface area contributed by atoms with Crippen LogP contribution in [-0.4, -0.2) is 0 Å². The average Bonchev–Trinajstić information content (AvgIpc) is 2.39. The number of nitrogens with one attached hydrogen (secondary N) is 1. The lowest BCUT2D eigenvalue weighted by Crippen LogP contribution is -2.07. The molecule has 0 amide bonds. The van der Waals surface area contributed by atoms with E-state index in [0.29, 0.717) is 0 Å². The minimum Gasteiger partial charge on any atom is -0.366 e. The first-order chi connectivity index (χ1) is 8.29. The second kappa shape index (κ2) is 5.51. The summed E-state index contributed by atoms with van der Waals surface area (Å²) in [7, 11) is 0. The summed E-state index contributed by atoms with van der Waals surface area (Å²) in [4.78, 5) is 0. The normalized spacial score (nSPS) is 11.5. The Morgan fingerprint density at radius 3 is 2.24 bits per heavy atom. The van der Waals surface area contributed by atoms with Crippen molar-refractivity contribution in [3.63, 3.8) is 0 Å². The molecule has 2 rings (SSSR count). The summed E-state index contributed by atoms with van der Waals surface area (Å²) >= 11 is 3.38. The van der Waals surface area contributed by atoms with Gasteiger partial charge in [-0.2, -0.15) is 5.26 Å². The van der Waals surface area contributed by atoms with Gasteiger partial charge in [-0.15, -0.1) is 0 Å². The Hall–Kier alpha value is -1.79. The van der Waals surface area contributed by atoms with Crippen molar-refractivity contribution < 1.29 is 0 Å². The van der Waals surface area contributed by atoms with Gasteiger partial charge in [0.15, 0.2) is 0 Å². The van der Waals surface area contributed by atoms with Crippen molar-refractivity contribution in [2.45, 2.75) is 6.04 Å². The van der Waals surface area contributed by atoms with Crippen LogP contribution >= 0.6 is 15.9 Å². The van der Waals surface area contributed by atoms with E-state index in [-0.39, 0.29) is 6.04 Å². The van der Waals surface area contributed by atoms with E-state index >= 15 is 0 Å². The van der Waals surface area contributed by atoms with Gasteiger partial charge in [0.1, 0.15) is 6.04 Å². The summed E-state index contributed by atoms with van der Waals surface area (Å²) in [6.45, 7) is 0. The highest BCUT2D eigenvalue weighted by Gasteiger charge is 2.08. The lowest BCUT2D eigenvalue weighted by molar-refractivity contribution is 0.998. The Kier molecular flexibility index (Phi) is 3.79. The predicted octanol–water partition coefficient (Wildman–Crippen LogP) is 4.13. The molecule has 2 aromatic carbocycles. The van der Waals surface area contributed by atoms with Gasteiger partial charge in [-0.05, 0) is 29.8 Å². The molecule has 0 aliphatic carbocycles. The van der Waals surface area contributed by atoms with E-state index in [4.69, 9.17) is 0 Å². The summed E-state index contributed by atoms with van der Waals surface area (Å²) in [6, 6.07) is 19.4. The molecule has 0 fully saturated rings. The monoisotopic (exact) mass is 286 g/mol. The Morgan fingerprint density at radius 1 is 1.00 bits per heavy atom. The largest absolute Gasteiger partial charge is 0.366 e. The molecule has 1 atom stereocenters. The zero-order chi connectivity index (χ0) is 12.1. The van der Waals surface area contributed by atoms with Crippen molar-refractivity contribution in [2.75, 3.05) is 5.32 Å². The zero-order valence-electron chi connectivity index (χ0n) is 9.10. The standard InChI is InChI=1S/C14H11BrN2/c15-12-6-8-13(9-7-12)17-14(10-16)11-4-2-1-3-5-11/h1-9,14,17H. The van der Waals surface area contributed by atoms with Gasteiger partial charge in [-0.25, -0.2) is 0 Å². The van der Waals surface area contributed by atoms with E-state index < -0.39 is 0 Å². The summed E-state index contributed by atoms with van der Waals surface area (Å²) in [6.07, 6.45) is 0. The van der Waals surface area contributed by atoms with E-state index in [1.54, 1.807) is 0 Å². The Bertz CT molecular complexity index is 514. The molecule has 0 saturated heterocycles. The molecule has 1 unspecified atom stereocenters. The second-order valence-electron chi connectivity index (χ2n) is 3.62. The van der Waals surface area contributed by atoms with E-state index in [9.17, 15) is 5.26 Å². The van der Waals surface area contributed by atoms with Crippen molar-refractivity contribution in [2.24, 2.45) is 0 Å². The summed E-state index contributed by atoms with van der Waals surface area (Å²) in [5.74, 6) is 0. The lowest BCUT2D eigenvalue weighted by atomic mass is 10.1. The van der Waals surface area contributed by atoms with Crippen LogP contribution in [0.25, 0.3) is 0 Å². The Morgan fingerprint density at radius 2 is 1.65 bits per heavy atom. The van der Waals surface area contributed by atoms with Crippen LogP contribution in [0.4, 0.5) is 5.69 Å². The minimum absolute atomic E-state index is 0.322. The van der Waals surface area contributed by atoms with Gasteiger partial charge in [0.05, 0.1) is 6.07 Å². The number of nitriles is 1. The van der Waals surface area contributed by atoms with Crippen molar-refractivity contribution in [1.29, 1.82) is 5.26 Å². The first-order valence-corrected chi connectivity index (χ1v) is 6.05. The fraction of sp³-hybridized carbons (Fsp3) is 0.0714. The first kappa shape index (κ1) is 11.7. The van der Waals surface area contributed by atoms with Crippen molar-refractivity contribution in [3.05, 3.63) is 64.6 Å². The van der Waals surface area contributed by atoms with Gasteiger partial charge in [0, 0.05) is 10.2 Å². The Balaban J connectivity index is 2.17. The van der Waals surface area contributed by atoms with E-state index in [1.165, 1.54) is 0 Å². The number of hydrogen-bond donors (Lipinski definition) is 1. The maximum Gasteiger partial charge on any atom is 0.140 e. The molecule has 84 valence electrons. The number of hydrogen-bond acceptors (Lipinski definition) is 2. The van der Waals surface area contributed by atoms with Gasteiger partial charge in [0.25, 0.3) is 0 Å². The quantitative estimate of drug-likeness (QED) is 0.921. The highest BCUT2D eigenvalue weighted by Crippen LogP contribution is 2.20. The molecule has 2 aromatic rings. The van der Waals surface area contributed by atoms with Crippen LogP contribution in [0.2, 0.25) is 0 Å². The number of halogens is 1. The lowest BCUT2D eigenvalue weighted by Gasteiger charge is -2.13. The van der Waals surface area contributed by atoms with Crippen molar-refractivity contribution >= 4 is 21.6 Å². The summed E-state index contributed by atoms with van der Waals surface area (Å²) < 4.78 is 1.02. The van der Waals surface area contributed by atoms with Gasteiger partial charge in [-0.1, -0.05) is 46.3 Å². The molecule has 0 aromatic heterocycles. The SMILES string of the molecule is N#CC(Nc1ccc(Br)cc1)c1ccccc1. The van der Waals surface area contributed by atoms with Crippen molar-refractivity contribution in [1.82, 2.24) is 0 Å². The molecule has 17 heavy (non-hydrogen) atoms. The number of benzene rings is 2. The van der Waals surface area contributed by atoms with Gasteiger partial charge < -0.3 is 5.32 Å². The van der Waals surface area contributed by atoms with Crippen molar-refractivity contribution in [3.8, 4) is 6.07 Å². The number of nitrogens with zero attached hydrogens (tertiary/aromatic N) is 1. The van der Waals surface area contributed by atoms with E-state index in [2.05, 4.69) is 27.3 Å². The molecule has 1 N–H and O–H groups in total. The second-order valence-corrected chi connectivity index (χ2v) is 4.54. The highest BCUT2D eigenvalue weighted by atomic mass is 79.9. The van der Waals surface area contributed by atoms with E-state index in [1.807, 2.05) is 54.6 Å². The van der Waals surface area contributed by atoms with Crippen LogP contribution in [0.3, 0.4) is 0 Å². The van der Waals surface area contributed by atoms with Gasteiger partial charge in [0.2, 0.25) is 0 Å². The highest BCUT2D eigenvalue weighted by molar-refractivity contribution is 9.10. The van der Waals surface area contributed by atoms with Gasteiger partial charge >= 0.3 is 0 Å². The van der Waals surface area contributed by atoms with Crippen LogP contribution in [0.15, 0.2) is 59.1 Å². The fourth-order valence-electron chi connectivity index (χ4n) is 1.55. The first-order valence-electron chi connectivity index (χ1n) is 5.26. The van der Waals surface area contributed by atoms with Gasteiger partial charge in [-0.3, -0.25) is 0 Å². The third-order valence-corrected chi connectivity index (χ3v) is 2.95. The van der Waals surface area contributed by atoms with Crippen LogP contribution in [0, 0.1) is 11.3 Å². The third kappa shape index (κ3) is 3.08. The van der Waals surface area contributed by atoms with E-state index in [0.717, 1.165) is 15.7 Å². The minimum atomic E-state index is -0.322. The topological polar surface area (TPSA) is 35.8 Å². The molecule has 2 nitrogen and oxygen atoms in total.